The van der Waals surface area contributed by atoms with Gasteiger partial charge >= 0.3 is 0 Å². The SMILES string of the molecule is Oc1cccc(-c2nc(-c3c[nH]c4ccccc34)cs2)c1. The lowest BCUT2D eigenvalue weighted by atomic mass is 10.1. The van der Waals surface area contributed by atoms with Gasteiger partial charge in [0, 0.05) is 33.6 Å². The van der Waals surface area contributed by atoms with Crippen molar-refractivity contribution in [2.24, 2.45) is 0 Å². The number of nitrogens with one attached hydrogen (secondary N) is 1. The molecule has 2 N–H and O–H groups in total. The highest BCUT2D eigenvalue weighted by Crippen LogP contribution is 2.33. The van der Waals surface area contributed by atoms with Crippen molar-refractivity contribution < 1.29 is 5.11 Å². The Bertz CT molecular complexity index is 923. The number of H-pyrrole nitrogens is 1. The number of hydrogen-bond donors (Lipinski definition) is 2. The van der Waals surface area contributed by atoms with E-state index in [1.807, 2.05) is 30.5 Å². The van der Waals surface area contributed by atoms with Crippen molar-refractivity contribution in [2.45, 2.75) is 0 Å². The highest BCUT2D eigenvalue weighted by molar-refractivity contribution is 7.13. The van der Waals surface area contributed by atoms with Gasteiger partial charge in [0.2, 0.25) is 0 Å². The maximum atomic E-state index is 9.58. The molecule has 0 saturated heterocycles. The number of para-hydroxylation sites is 1. The third kappa shape index (κ3) is 2.10. The molecule has 21 heavy (non-hydrogen) atoms. The second-order valence-electron chi connectivity index (χ2n) is 4.84. The zero-order valence-corrected chi connectivity index (χ0v) is 11.9. The topological polar surface area (TPSA) is 48.9 Å². The molecule has 0 unspecified atom stereocenters. The smallest absolute Gasteiger partial charge is 0.124 e. The molecule has 3 nitrogen and oxygen atoms in total. The van der Waals surface area contributed by atoms with Crippen LogP contribution in [0.15, 0.2) is 60.1 Å². The molecule has 4 rings (SSSR count). The molecule has 2 aromatic carbocycles. The van der Waals surface area contributed by atoms with E-state index in [0.717, 1.165) is 27.3 Å². The van der Waals surface area contributed by atoms with Gasteiger partial charge in [0.15, 0.2) is 0 Å². The van der Waals surface area contributed by atoms with E-state index in [1.54, 1.807) is 23.5 Å². The van der Waals surface area contributed by atoms with Crippen molar-refractivity contribution in [1.82, 2.24) is 9.97 Å². The summed E-state index contributed by atoms with van der Waals surface area (Å²) < 4.78 is 0. The Balaban J connectivity index is 1.81. The normalized spacial score (nSPS) is 11.0. The summed E-state index contributed by atoms with van der Waals surface area (Å²) in [5, 5.41) is 13.7. The van der Waals surface area contributed by atoms with Crippen LogP contribution in [0.4, 0.5) is 0 Å². The lowest BCUT2D eigenvalue weighted by molar-refractivity contribution is 0.475. The van der Waals surface area contributed by atoms with Crippen LogP contribution in [0.25, 0.3) is 32.7 Å². The zero-order valence-electron chi connectivity index (χ0n) is 11.1. The number of nitrogens with zero attached hydrogens (tertiary/aromatic N) is 1. The van der Waals surface area contributed by atoms with Crippen LogP contribution in [0.1, 0.15) is 0 Å². The van der Waals surface area contributed by atoms with Crippen LogP contribution in [-0.4, -0.2) is 15.1 Å². The minimum Gasteiger partial charge on any atom is -0.508 e. The summed E-state index contributed by atoms with van der Waals surface area (Å²) in [5.74, 6) is 0.261. The number of aromatic nitrogens is 2. The van der Waals surface area contributed by atoms with Crippen molar-refractivity contribution in [3.63, 3.8) is 0 Å². The Hall–Kier alpha value is -2.59. The zero-order chi connectivity index (χ0) is 14.2. The Kier molecular flexibility index (Phi) is 2.75. The lowest BCUT2D eigenvalue weighted by Crippen LogP contribution is -1.78. The Morgan fingerprint density at radius 1 is 1.05 bits per heavy atom. The van der Waals surface area contributed by atoms with E-state index in [1.165, 1.54) is 5.39 Å². The average Bonchev–Trinajstić information content (AvgIpc) is 3.14. The molecule has 102 valence electrons. The molecule has 0 radical (unpaired) electrons. The highest BCUT2D eigenvalue weighted by atomic mass is 32.1. The van der Waals surface area contributed by atoms with Crippen LogP contribution in [0.2, 0.25) is 0 Å². The van der Waals surface area contributed by atoms with Crippen LogP contribution in [0, 0.1) is 0 Å². The molecule has 4 aromatic rings. The van der Waals surface area contributed by atoms with Crippen molar-refractivity contribution in [2.75, 3.05) is 0 Å². The Morgan fingerprint density at radius 2 is 1.95 bits per heavy atom. The molecule has 0 atom stereocenters. The number of aromatic amines is 1. The van der Waals surface area contributed by atoms with E-state index in [4.69, 9.17) is 4.98 Å². The molecule has 0 aliphatic carbocycles. The van der Waals surface area contributed by atoms with Crippen LogP contribution >= 0.6 is 11.3 Å². The van der Waals surface area contributed by atoms with Crippen LogP contribution in [0.5, 0.6) is 5.75 Å². The van der Waals surface area contributed by atoms with E-state index in [9.17, 15) is 5.11 Å². The number of benzene rings is 2. The molecule has 0 fully saturated rings. The number of thiazole rings is 1. The second kappa shape index (κ2) is 4.75. The summed E-state index contributed by atoms with van der Waals surface area (Å²) in [6.45, 7) is 0. The standard InChI is InChI=1S/C17H12N2OS/c20-12-5-3-4-11(8-12)17-19-16(10-21-17)14-9-18-15-7-2-1-6-13(14)15/h1-10,18,20H. The van der Waals surface area contributed by atoms with E-state index >= 15 is 0 Å². The molecular formula is C17H12N2OS. The molecule has 2 aromatic heterocycles. The van der Waals surface area contributed by atoms with E-state index < -0.39 is 0 Å². The minimum atomic E-state index is 0.261. The van der Waals surface area contributed by atoms with Gasteiger partial charge in [0.25, 0.3) is 0 Å². The Morgan fingerprint density at radius 3 is 2.86 bits per heavy atom. The predicted octanol–water partition coefficient (Wildman–Crippen LogP) is 4.66. The first-order chi connectivity index (χ1) is 10.3. The molecule has 4 heteroatoms. The van der Waals surface area contributed by atoms with Crippen molar-refractivity contribution >= 4 is 22.2 Å². The molecule has 0 bridgehead atoms. The largest absolute Gasteiger partial charge is 0.508 e. The molecule has 0 spiro atoms. The summed E-state index contributed by atoms with van der Waals surface area (Å²) in [5.41, 5.74) is 4.11. The molecule has 0 amide bonds. The fourth-order valence-corrected chi connectivity index (χ4v) is 3.27. The number of phenolic OH excluding ortho intramolecular Hbond substituents is 1. The number of rotatable bonds is 2. The van der Waals surface area contributed by atoms with Gasteiger partial charge in [-0.1, -0.05) is 30.3 Å². The maximum absolute atomic E-state index is 9.58. The summed E-state index contributed by atoms with van der Waals surface area (Å²) in [4.78, 5) is 7.97. The highest BCUT2D eigenvalue weighted by Gasteiger charge is 2.10. The van der Waals surface area contributed by atoms with Gasteiger partial charge in [0.05, 0.1) is 5.69 Å². The average molecular weight is 292 g/mol. The fourth-order valence-electron chi connectivity index (χ4n) is 2.45. The van der Waals surface area contributed by atoms with Gasteiger partial charge in [-0.15, -0.1) is 11.3 Å². The predicted molar refractivity (Wildman–Crippen MR) is 86.5 cm³/mol. The lowest BCUT2D eigenvalue weighted by Gasteiger charge is -1.97. The van der Waals surface area contributed by atoms with Gasteiger partial charge in [-0.3, -0.25) is 0 Å². The summed E-state index contributed by atoms with van der Waals surface area (Å²) in [6, 6.07) is 15.4. The van der Waals surface area contributed by atoms with Gasteiger partial charge in [0.1, 0.15) is 10.8 Å². The maximum Gasteiger partial charge on any atom is 0.124 e. The summed E-state index contributed by atoms with van der Waals surface area (Å²) in [7, 11) is 0. The molecule has 0 saturated carbocycles. The molecule has 0 aliphatic heterocycles. The third-order valence-corrected chi connectivity index (χ3v) is 4.35. The van der Waals surface area contributed by atoms with Crippen molar-refractivity contribution in [1.29, 1.82) is 0 Å². The summed E-state index contributed by atoms with van der Waals surface area (Å²) in [6.07, 6.45) is 1.99. The molecule has 0 aliphatic rings. The fraction of sp³-hybridized carbons (Fsp3) is 0. The monoisotopic (exact) mass is 292 g/mol. The van der Waals surface area contributed by atoms with E-state index in [-0.39, 0.29) is 5.75 Å². The van der Waals surface area contributed by atoms with Crippen LogP contribution < -0.4 is 0 Å². The molecule has 2 heterocycles. The second-order valence-corrected chi connectivity index (χ2v) is 5.69. The Labute approximate surface area is 125 Å². The van der Waals surface area contributed by atoms with Gasteiger partial charge in [-0.25, -0.2) is 4.98 Å². The number of hydrogen-bond acceptors (Lipinski definition) is 3. The van der Waals surface area contributed by atoms with Crippen molar-refractivity contribution in [3.8, 4) is 27.6 Å². The third-order valence-electron chi connectivity index (χ3n) is 3.46. The van der Waals surface area contributed by atoms with E-state index in [0.29, 0.717) is 0 Å². The van der Waals surface area contributed by atoms with E-state index in [2.05, 4.69) is 22.5 Å². The summed E-state index contributed by atoms with van der Waals surface area (Å²) >= 11 is 1.58. The number of phenols is 1. The van der Waals surface area contributed by atoms with Crippen molar-refractivity contribution in [3.05, 3.63) is 60.1 Å². The van der Waals surface area contributed by atoms with Crippen LogP contribution in [0.3, 0.4) is 0 Å². The number of aromatic hydroxyl groups is 1. The van der Waals surface area contributed by atoms with Crippen LogP contribution in [-0.2, 0) is 0 Å². The minimum absolute atomic E-state index is 0.261. The van der Waals surface area contributed by atoms with Gasteiger partial charge < -0.3 is 10.1 Å². The first-order valence-electron chi connectivity index (χ1n) is 6.63. The molecular weight excluding hydrogens is 280 g/mol. The first-order valence-corrected chi connectivity index (χ1v) is 7.51. The van der Waals surface area contributed by atoms with Gasteiger partial charge in [-0.2, -0.15) is 0 Å². The van der Waals surface area contributed by atoms with Gasteiger partial charge in [-0.05, 0) is 18.2 Å². The first kappa shape index (κ1) is 12.2. The quantitative estimate of drug-likeness (QED) is 0.564. The number of fused-ring (bicyclic) bond motifs is 1.